The van der Waals surface area contributed by atoms with Gasteiger partial charge in [-0.3, -0.25) is 4.79 Å². The van der Waals surface area contributed by atoms with E-state index in [0.29, 0.717) is 6.42 Å². The van der Waals surface area contributed by atoms with Crippen LogP contribution < -0.4 is 5.32 Å². The van der Waals surface area contributed by atoms with Crippen LogP contribution in [0.3, 0.4) is 0 Å². The van der Waals surface area contributed by atoms with Gasteiger partial charge in [0.25, 0.3) is 0 Å². The summed E-state index contributed by atoms with van der Waals surface area (Å²) in [5, 5.41) is 3.76. The topological polar surface area (TPSA) is 42.0 Å². The maximum absolute atomic E-state index is 12.3. The van der Waals surface area contributed by atoms with Gasteiger partial charge >= 0.3 is 0 Å². The SMILES string of the molecule is O=C(Cc1ccc2c(c1)CCC2)Nc1nc2c(s1)CCCC2. The van der Waals surface area contributed by atoms with Crippen molar-refractivity contribution in [3.63, 3.8) is 0 Å². The summed E-state index contributed by atoms with van der Waals surface area (Å²) in [6.45, 7) is 0. The van der Waals surface area contributed by atoms with Gasteiger partial charge in [0, 0.05) is 4.88 Å². The number of thiazole rings is 1. The quantitative estimate of drug-likeness (QED) is 0.939. The monoisotopic (exact) mass is 312 g/mol. The molecule has 1 aromatic heterocycles. The van der Waals surface area contributed by atoms with E-state index in [4.69, 9.17) is 0 Å². The molecule has 2 aliphatic carbocycles. The van der Waals surface area contributed by atoms with Crippen LogP contribution in [-0.2, 0) is 36.9 Å². The first-order chi connectivity index (χ1) is 10.8. The van der Waals surface area contributed by atoms with Gasteiger partial charge in [0.05, 0.1) is 12.1 Å². The molecule has 3 nitrogen and oxygen atoms in total. The lowest BCUT2D eigenvalue weighted by atomic mass is 10.0. The number of anilines is 1. The standard InChI is InChI=1S/C18H20N2OS/c21-17(11-12-8-9-13-4-3-5-14(13)10-12)20-18-19-15-6-1-2-7-16(15)22-18/h8-10H,1-7,11H2,(H,19,20,21). The number of carbonyl (C=O) groups excluding carboxylic acids is 1. The van der Waals surface area contributed by atoms with Crippen molar-refractivity contribution in [2.75, 3.05) is 5.32 Å². The number of hydrogen-bond acceptors (Lipinski definition) is 3. The molecule has 0 spiro atoms. The molecule has 0 aliphatic heterocycles. The summed E-state index contributed by atoms with van der Waals surface area (Å²) in [6, 6.07) is 6.48. The van der Waals surface area contributed by atoms with Gasteiger partial charge in [-0.15, -0.1) is 11.3 Å². The molecule has 0 unspecified atom stereocenters. The van der Waals surface area contributed by atoms with E-state index in [1.54, 1.807) is 11.3 Å². The predicted molar refractivity (Wildman–Crippen MR) is 89.6 cm³/mol. The molecule has 1 aromatic carbocycles. The van der Waals surface area contributed by atoms with Crippen LogP contribution in [-0.4, -0.2) is 10.9 Å². The lowest BCUT2D eigenvalue weighted by Crippen LogP contribution is -2.14. The van der Waals surface area contributed by atoms with E-state index in [9.17, 15) is 4.79 Å². The molecular weight excluding hydrogens is 292 g/mol. The van der Waals surface area contributed by atoms with Crippen LogP contribution in [0.2, 0.25) is 0 Å². The highest BCUT2D eigenvalue weighted by Crippen LogP contribution is 2.29. The number of aryl methyl sites for hydroxylation is 4. The fraction of sp³-hybridized carbons (Fsp3) is 0.444. The van der Waals surface area contributed by atoms with E-state index in [1.807, 2.05) is 0 Å². The fourth-order valence-corrected chi connectivity index (χ4v) is 4.56. The predicted octanol–water partition coefficient (Wildman–Crippen LogP) is 3.69. The molecule has 2 aromatic rings. The van der Waals surface area contributed by atoms with Crippen molar-refractivity contribution in [2.24, 2.45) is 0 Å². The largest absolute Gasteiger partial charge is 0.302 e. The third-order valence-corrected chi connectivity index (χ3v) is 5.69. The zero-order valence-corrected chi connectivity index (χ0v) is 13.5. The number of amides is 1. The van der Waals surface area contributed by atoms with Crippen LogP contribution in [0, 0.1) is 0 Å². The van der Waals surface area contributed by atoms with Crippen LogP contribution in [0.1, 0.15) is 46.5 Å². The Hall–Kier alpha value is -1.68. The Morgan fingerprint density at radius 1 is 1.09 bits per heavy atom. The summed E-state index contributed by atoms with van der Waals surface area (Å²) in [7, 11) is 0. The number of rotatable bonds is 3. The zero-order chi connectivity index (χ0) is 14.9. The number of aromatic nitrogens is 1. The summed E-state index contributed by atoms with van der Waals surface area (Å²) in [6.07, 6.45) is 8.68. The van der Waals surface area contributed by atoms with Gasteiger partial charge in [-0.2, -0.15) is 0 Å². The third kappa shape index (κ3) is 2.80. The van der Waals surface area contributed by atoms with Crippen molar-refractivity contribution in [3.8, 4) is 0 Å². The van der Waals surface area contributed by atoms with Gasteiger partial charge < -0.3 is 5.32 Å². The van der Waals surface area contributed by atoms with Crippen LogP contribution >= 0.6 is 11.3 Å². The van der Waals surface area contributed by atoms with Gasteiger partial charge in [0.15, 0.2) is 5.13 Å². The Balaban J connectivity index is 1.43. The summed E-state index contributed by atoms with van der Waals surface area (Å²) in [5.74, 6) is 0.0454. The Kier molecular flexibility index (Phi) is 3.70. The van der Waals surface area contributed by atoms with Gasteiger partial charge in [-0.05, 0) is 61.6 Å². The average Bonchev–Trinajstić information content (AvgIpc) is 3.11. The highest BCUT2D eigenvalue weighted by molar-refractivity contribution is 7.15. The number of fused-ring (bicyclic) bond motifs is 2. The van der Waals surface area contributed by atoms with Crippen LogP contribution in [0.4, 0.5) is 5.13 Å². The lowest BCUT2D eigenvalue weighted by Gasteiger charge is -2.06. The Morgan fingerprint density at radius 3 is 2.86 bits per heavy atom. The van der Waals surface area contributed by atoms with Crippen LogP contribution in [0.15, 0.2) is 18.2 Å². The van der Waals surface area contributed by atoms with E-state index in [1.165, 1.54) is 47.4 Å². The van der Waals surface area contributed by atoms with Crippen molar-refractivity contribution in [1.29, 1.82) is 0 Å². The van der Waals surface area contributed by atoms with Crippen LogP contribution in [0.5, 0.6) is 0 Å². The normalized spacial score (nSPS) is 16.2. The lowest BCUT2D eigenvalue weighted by molar-refractivity contribution is -0.115. The fourth-order valence-electron chi connectivity index (χ4n) is 3.49. The van der Waals surface area contributed by atoms with E-state index in [2.05, 4.69) is 28.5 Å². The van der Waals surface area contributed by atoms with Crippen molar-refractivity contribution >= 4 is 22.4 Å². The van der Waals surface area contributed by atoms with Crippen molar-refractivity contribution in [2.45, 2.75) is 51.4 Å². The molecule has 22 heavy (non-hydrogen) atoms. The number of nitrogens with zero attached hydrogens (tertiary/aromatic N) is 1. The second-order valence-electron chi connectivity index (χ2n) is 6.28. The van der Waals surface area contributed by atoms with Crippen molar-refractivity contribution in [3.05, 3.63) is 45.5 Å². The van der Waals surface area contributed by atoms with E-state index in [-0.39, 0.29) is 5.91 Å². The third-order valence-electron chi connectivity index (χ3n) is 4.62. The van der Waals surface area contributed by atoms with Crippen molar-refractivity contribution < 1.29 is 4.79 Å². The molecule has 1 heterocycles. The first-order valence-electron chi connectivity index (χ1n) is 8.17. The first kappa shape index (κ1) is 13.9. The number of nitrogens with one attached hydrogen (secondary N) is 1. The zero-order valence-electron chi connectivity index (χ0n) is 12.7. The minimum atomic E-state index is 0.0454. The Morgan fingerprint density at radius 2 is 1.95 bits per heavy atom. The molecule has 1 N–H and O–H groups in total. The summed E-state index contributed by atoms with van der Waals surface area (Å²) < 4.78 is 0. The first-order valence-corrected chi connectivity index (χ1v) is 8.99. The van der Waals surface area contributed by atoms with E-state index < -0.39 is 0 Å². The summed E-state index contributed by atoms with van der Waals surface area (Å²) in [5.41, 5.74) is 5.19. The smallest absolute Gasteiger partial charge is 0.230 e. The number of hydrogen-bond donors (Lipinski definition) is 1. The Labute approximate surface area is 134 Å². The van der Waals surface area contributed by atoms with Gasteiger partial charge in [0.1, 0.15) is 0 Å². The molecule has 4 rings (SSSR count). The van der Waals surface area contributed by atoms with Crippen LogP contribution in [0.25, 0.3) is 0 Å². The number of benzene rings is 1. The summed E-state index contributed by atoms with van der Waals surface area (Å²) in [4.78, 5) is 18.2. The molecule has 0 saturated carbocycles. The molecule has 0 atom stereocenters. The maximum atomic E-state index is 12.3. The molecule has 0 fully saturated rings. The summed E-state index contributed by atoms with van der Waals surface area (Å²) >= 11 is 1.65. The number of carbonyl (C=O) groups is 1. The maximum Gasteiger partial charge on any atom is 0.230 e. The molecule has 0 radical (unpaired) electrons. The van der Waals surface area contributed by atoms with Crippen molar-refractivity contribution in [1.82, 2.24) is 4.98 Å². The average molecular weight is 312 g/mol. The molecule has 0 saturated heterocycles. The molecule has 1 amide bonds. The molecule has 2 aliphatic rings. The van der Waals surface area contributed by atoms with Gasteiger partial charge in [-0.1, -0.05) is 18.2 Å². The minimum absolute atomic E-state index is 0.0454. The van der Waals surface area contributed by atoms with E-state index >= 15 is 0 Å². The Bertz CT molecular complexity index is 696. The van der Waals surface area contributed by atoms with Gasteiger partial charge in [-0.25, -0.2) is 4.98 Å². The minimum Gasteiger partial charge on any atom is -0.302 e. The molecule has 4 heteroatoms. The second kappa shape index (κ2) is 5.84. The van der Waals surface area contributed by atoms with E-state index in [0.717, 1.165) is 30.0 Å². The molecule has 114 valence electrons. The molecule has 0 bridgehead atoms. The molecular formula is C18H20N2OS. The highest BCUT2D eigenvalue weighted by Gasteiger charge is 2.17. The highest BCUT2D eigenvalue weighted by atomic mass is 32.1. The second-order valence-corrected chi connectivity index (χ2v) is 7.36. The van der Waals surface area contributed by atoms with Gasteiger partial charge in [0.2, 0.25) is 5.91 Å².